The lowest BCUT2D eigenvalue weighted by Gasteiger charge is -2.19. The minimum atomic E-state index is -4.14. The van der Waals surface area contributed by atoms with Crippen LogP contribution in [0.4, 0.5) is 0 Å². The number of hydrogen-bond donors (Lipinski definition) is 3. The summed E-state index contributed by atoms with van der Waals surface area (Å²) in [6.07, 6.45) is 0. The number of carbonyl (C=O) groups excluding carboxylic acids is 1. The van der Waals surface area contributed by atoms with Crippen LogP contribution in [-0.2, 0) is 10.0 Å². The van der Waals surface area contributed by atoms with E-state index in [1.807, 2.05) is 42.5 Å². The molecule has 186 valence electrons. The Bertz CT molecular complexity index is 1450. The van der Waals surface area contributed by atoms with Crippen molar-refractivity contribution in [3.05, 3.63) is 99.5 Å². The molecule has 12 heteroatoms. The van der Waals surface area contributed by atoms with Crippen molar-refractivity contribution in [3.63, 3.8) is 0 Å². The lowest BCUT2D eigenvalue weighted by Crippen LogP contribution is -2.41. The summed E-state index contributed by atoms with van der Waals surface area (Å²) in [5.74, 6) is -1.01. The van der Waals surface area contributed by atoms with E-state index < -0.39 is 15.9 Å². The number of hydrogen-bond acceptors (Lipinski definition) is 6. The molecule has 3 aromatic carbocycles. The van der Waals surface area contributed by atoms with Crippen LogP contribution in [0.5, 0.6) is 0 Å². The molecule has 1 aliphatic heterocycles. The zero-order valence-electron chi connectivity index (χ0n) is 18.9. The number of guanidine groups is 1. The molecule has 0 spiro atoms. The zero-order chi connectivity index (χ0) is 25.9. The topological polar surface area (TPSA) is 123 Å². The number of nitrogens with zero attached hydrogens (tertiary/aromatic N) is 3. The number of hydrazone groups is 1. The second kappa shape index (κ2) is 10.7. The number of benzene rings is 3. The summed E-state index contributed by atoms with van der Waals surface area (Å²) < 4.78 is 28.7. The highest BCUT2D eigenvalue weighted by atomic mass is 35.5. The maximum atomic E-state index is 13.1. The van der Waals surface area contributed by atoms with E-state index in [0.717, 1.165) is 22.9 Å². The van der Waals surface area contributed by atoms with Gasteiger partial charge in [-0.2, -0.15) is 5.10 Å². The molecule has 1 heterocycles. The van der Waals surface area contributed by atoms with E-state index in [2.05, 4.69) is 9.71 Å². The van der Waals surface area contributed by atoms with Gasteiger partial charge in [-0.25, -0.2) is 23.6 Å². The lowest BCUT2D eigenvalue weighted by molar-refractivity contribution is 0.0706. The first kappa shape index (κ1) is 25.6. The fraction of sp³-hybridized carbons (Fsp3) is 0.125. The SMILES string of the molecule is CN=C(NS(=O)(=O)c1ccc(C(=O)NO)c(Cl)c1)N1CC(c2ccccc2)C(c2ccc(Cl)cc2)=N1. The first-order valence-electron chi connectivity index (χ1n) is 10.6. The van der Waals surface area contributed by atoms with Crippen molar-refractivity contribution in [2.24, 2.45) is 10.1 Å². The van der Waals surface area contributed by atoms with Gasteiger partial charge >= 0.3 is 0 Å². The van der Waals surface area contributed by atoms with Crippen LogP contribution in [0.25, 0.3) is 0 Å². The van der Waals surface area contributed by atoms with E-state index in [1.54, 1.807) is 12.1 Å². The number of aliphatic imine (C=N–C) groups is 1. The largest absolute Gasteiger partial charge is 0.288 e. The second-order valence-electron chi connectivity index (χ2n) is 7.77. The number of amides is 1. The maximum absolute atomic E-state index is 13.1. The van der Waals surface area contributed by atoms with E-state index in [1.165, 1.54) is 29.7 Å². The van der Waals surface area contributed by atoms with E-state index in [4.69, 9.17) is 33.5 Å². The quantitative estimate of drug-likeness (QED) is 0.194. The molecular formula is C24H21Cl2N5O4S. The molecule has 3 aromatic rings. The maximum Gasteiger partial charge on any atom is 0.276 e. The van der Waals surface area contributed by atoms with Crippen molar-refractivity contribution in [3.8, 4) is 0 Å². The first-order valence-corrected chi connectivity index (χ1v) is 12.9. The van der Waals surface area contributed by atoms with Gasteiger partial charge in [-0.1, -0.05) is 65.7 Å². The molecule has 0 aromatic heterocycles. The predicted octanol–water partition coefficient (Wildman–Crippen LogP) is 3.88. The molecule has 1 unspecified atom stereocenters. The van der Waals surface area contributed by atoms with Crippen molar-refractivity contribution in [2.45, 2.75) is 10.8 Å². The Balaban J connectivity index is 1.65. The Labute approximate surface area is 218 Å². The number of nitrogens with one attached hydrogen (secondary N) is 2. The summed E-state index contributed by atoms with van der Waals surface area (Å²) in [5, 5.41) is 15.5. The molecule has 0 bridgehead atoms. The van der Waals surface area contributed by atoms with Crippen LogP contribution in [0.1, 0.15) is 27.4 Å². The highest BCUT2D eigenvalue weighted by Crippen LogP contribution is 2.30. The molecule has 3 N–H and O–H groups in total. The van der Waals surface area contributed by atoms with Crippen LogP contribution in [0.3, 0.4) is 0 Å². The molecule has 0 aliphatic carbocycles. The fourth-order valence-electron chi connectivity index (χ4n) is 3.76. The van der Waals surface area contributed by atoms with Gasteiger partial charge < -0.3 is 0 Å². The normalized spacial score (nSPS) is 16.0. The molecule has 1 amide bonds. The Kier molecular flexibility index (Phi) is 7.60. The van der Waals surface area contributed by atoms with Crippen LogP contribution in [0.2, 0.25) is 10.0 Å². The minimum Gasteiger partial charge on any atom is -0.288 e. The van der Waals surface area contributed by atoms with Gasteiger partial charge in [0.05, 0.1) is 27.7 Å². The smallest absolute Gasteiger partial charge is 0.276 e. The van der Waals surface area contributed by atoms with Crippen LogP contribution < -0.4 is 10.2 Å². The average molecular weight is 546 g/mol. The van der Waals surface area contributed by atoms with Crippen LogP contribution in [0.15, 0.2) is 87.8 Å². The summed E-state index contributed by atoms with van der Waals surface area (Å²) >= 11 is 12.1. The van der Waals surface area contributed by atoms with Gasteiger partial charge in [0.1, 0.15) is 0 Å². The molecule has 0 saturated carbocycles. The molecule has 1 aliphatic rings. The van der Waals surface area contributed by atoms with Crippen molar-refractivity contribution >= 4 is 50.8 Å². The molecule has 36 heavy (non-hydrogen) atoms. The van der Waals surface area contributed by atoms with Gasteiger partial charge in [0.25, 0.3) is 15.9 Å². The number of halogens is 2. The Hall–Kier alpha value is -3.44. The summed E-state index contributed by atoms with van der Waals surface area (Å²) in [5.41, 5.74) is 3.98. The molecule has 0 radical (unpaired) electrons. The summed E-state index contributed by atoms with van der Waals surface area (Å²) in [4.78, 5) is 15.6. The van der Waals surface area contributed by atoms with Crippen molar-refractivity contribution in [1.82, 2.24) is 15.2 Å². The summed E-state index contributed by atoms with van der Waals surface area (Å²) in [7, 11) is -2.69. The van der Waals surface area contributed by atoms with Gasteiger partial charge in [-0.3, -0.25) is 15.0 Å². The number of hydroxylamine groups is 1. The van der Waals surface area contributed by atoms with E-state index in [0.29, 0.717) is 11.6 Å². The number of rotatable bonds is 5. The molecular weight excluding hydrogens is 525 g/mol. The third-order valence-electron chi connectivity index (χ3n) is 5.53. The van der Waals surface area contributed by atoms with Crippen molar-refractivity contribution in [1.29, 1.82) is 0 Å². The first-order chi connectivity index (χ1) is 17.2. The Morgan fingerprint density at radius 2 is 1.78 bits per heavy atom. The van der Waals surface area contributed by atoms with E-state index >= 15 is 0 Å². The molecule has 0 fully saturated rings. The van der Waals surface area contributed by atoms with Crippen LogP contribution in [-0.4, -0.2) is 49.8 Å². The standard InChI is InChI=1S/C24H21Cl2N5O4S/c1-27-24(30-36(34,35)18-11-12-19(21(26)13-18)23(32)29-33)31-14-20(15-5-3-2-4-6-15)22(28-31)16-7-9-17(25)10-8-16/h2-13,20,33H,14H2,1H3,(H,27,30)(H,29,32). The highest BCUT2D eigenvalue weighted by Gasteiger charge is 2.33. The fourth-order valence-corrected chi connectivity index (χ4v) is 5.29. The van der Waals surface area contributed by atoms with Gasteiger partial charge in [-0.05, 0) is 41.5 Å². The zero-order valence-corrected chi connectivity index (χ0v) is 21.2. The summed E-state index contributed by atoms with van der Waals surface area (Å²) in [6.45, 7) is 0.341. The van der Waals surface area contributed by atoms with Crippen LogP contribution >= 0.6 is 23.2 Å². The summed E-state index contributed by atoms with van der Waals surface area (Å²) in [6, 6.07) is 20.5. The van der Waals surface area contributed by atoms with Crippen LogP contribution in [0, 0.1) is 0 Å². The Morgan fingerprint density at radius 3 is 2.39 bits per heavy atom. The molecule has 0 saturated heterocycles. The molecule has 1 atom stereocenters. The third-order valence-corrected chi connectivity index (χ3v) is 7.43. The van der Waals surface area contributed by atoms with Gasteiger partial charge in [0.2, 0.25) is 5.96 Å². The monoisotopic (exact) mass is 545 g/mol. The average Bonchev–Trinajstić information content (AvgIpc) is 3.33. The van der Waals surface area contributed by atoms with Crippen molar-refractivity contribution in [2.75, 3.05) is 13.6 Å². The van der Waals surface area contributed by atoms with Gasteiger partial charge in [-0.15, -0.1) is 0 Å². The van der Waals surface area contributed by atoms with E-state index in [9.17, 15) is 13.2 Å². The molecule has 9 nitrogen and oxygen atoms in total. The lowest BCUT2D eigenvalue weighted by atomic mass is 9.91. The minimum absolute atomic E-state index is 0.00759. The highest BCUT2D eigenvalue weighted by molar-refractivity contribution is 7.90. The number of sulfonamides is 1. The predicted molar refractivity (Wildman–Crippen MR) is 138 cm³/mol. The Morgan fingerprint density at radius 1 is 1.08 bits per heavy atom. The molecule has 4 rings (SSSR count). The van der Waals surface area contributed by atoms with Gasteiger partial charge in [0.15, 0.2) is 0 Å². The number of carbonyl (C=O) groups is 1. The van der Waals surface area contributed by atoms with E-state index in [-0.39, 0.29) is 27.4 Å². The van der Waals surface area contributed by atoms with Crippen molar-refractivity contribution < 1.29 is 18.4 Å². The van der Waals surface area contributed by atoms with Gasteiger partial charge in [0, 0.05) is 18.0 Å². The third kappa shape index (κ3) is 5.36. The second-order valence-corrected chi connectivity index (χ2v) is 10.3.